The first kappa shape index (κ1) is 9.56. The summed E-state index contributed by atoms with van der Waals surface area (Å²) in [6.07, 6.45) is 1.66. The highest BCUT2D eigenvalue weighted by atomic mass is 79.9. The van der Waals surface area contributed by atoms with Crippen LogP contribution in [0.2, 0.25) is 0 Å². The molecule has 0 radical (unpaired) electrons. The highest BCUT2D eigenvalue weighted by Crippen LogP contribution is 2.37. The van der Waals surface area contributed by atoms with E-state index in [9.17, 15) is 0 Å². The molecule has 5 heteroatoms. The molecule has 0 bridgehead atoms. The van der Waals surface area contributed by atoms with E-state index in [0.29, 0.717) is 15.7 Å². The van der Waals surface area contributed by atoms with E-state index in [0.717, 1.165) is 9.86 Å². The lowest BCUT2D eigenvalue weighted by atomic mass is 10.2. The van der Waals surface area contributed by atoms with E-state index < -0.39 is 0 Å². The van der Waals surface area contributed by atoms with Crippen molar-refractivity contribution in [2.75, 3.05) is 0 Å². The average Bonchev–Trinajstić information content (AvgIpc) is 2.18. The largest absolute Gasteiger partial charge is 0.424 e. The number of hydrogen-bond acceptors (Lipinski definition) is 2. The van der Waals surface area contributed by atoms with Gasteiger partial charge in [0.05, 0.1) is 0 Å². The van der Waals surface area contributed by atoms with E-state index in [1.54, 1.807) is 6.20 Å². The van der Waals surface area contributed by atoms with Gasteiger partial charge in [-0.25, -0.2) is 4.98 Å². The molecule has 0 amide bonds. The molecule has 2 aromatic rings. The van der Waals surface area contributed by atoms with Gasteiger partial charge in [0.2, 0.25) is 5.39 Å². The summed E-state index contributed by atoms with van der Waals surface area (Å²) in [5.41, 5.74) is 1.11. The molecule has 3 nitrogen and oxygen atoms in total. The van der Waals surface area contributed by atoms with Crippen LogP contribution in [0.4, 0.5) is 5.69 Å². The van der Waals surface area contributed by atoms with Gasteiger partial charge in [-0.3, -0.25) is 0 Å². The fourth-order valence-electron chi connectivity index (χ4n) is 1.25. The second-order valence-electron chi connectivity index (χ2n) is 2.69. The molecule has 0 N–H and O–H groups in total. The van der Waals surface area contributed by atoms with Gasteiger partial charge >= 0.3 is 5.69 Å². The lowest BCUT2D eigenvalue weighted by molar-refractivity contribution is 1.39. The van der Waals surface area contributed by atoms with Gasteiger partial charge in [-0.15, -0.1) is 0 Å². The number of fused-ring (bicyclic) bond motifs is 1. The normalized spacial score (nSPS) is 10.1. The van der Waals surface area contributed by atoms with Crippen LogP contribution in [0.15, 0.2) is 33.3 Å². The Labute approximate surface area is 97.0 Å². The Morgan fingerprint density at radius 1 is 1.29 bits per heavy atom. The van der Waals surface area contributed by atoms with E-state index in [1.165, 1.54) is 0 Å². The predicted octanol–water partition coefficient (Wildman–Crippen LogP) is 4.24. The first-order valence-corrected chi connectivity index (χ1v) is 5.40. The lowest BCUT2D eigenvalue weighted by Crippen LogP contribution is -1.80. The maximum absolute atomic E-state index is 8.85. The molecule has 1 heterocycles. The van der Waals surface area contributed by atoms with Gasteiger partial charge in [-0.2, -0.15) is 0 Å². The number of benzene rings is 1. The van der Waals surface area contributed by atoms with Crippen molar-refractivity contribution in [3.63, 3.8) is 0 Å². The van der Waals surface area contributed by atoms with Crippen LogP contribution in [0.1, 0.15) is 0 Å². The lowest BCUT2D eigenvalue weighted by Gasteiger charge is -1.97. The Balaban J connectivity index is 3.00. The monoisotopic (exact) mass is 312 g/mol. The third-order valence-corrected chi connectivity index (χ3v) is 3.13. The van der Waals surface area contributed by atoms with Crippen molar-refractivity contribution >= 4 is 48.5 Å². The Kier molecular flexibility index (Phi) is 2.48. The van der Waals surface area contributed by atoms with Crippen molar-refractivity contribution in [1.29, 1.82) is 5.39 Å². The zero-order valence-corrected chi connectivity index (χ0v) is 10.1. The SMILES string of the molecule is N#[N+]c1c(Br)cc(Br)c2cccnc12. The van der Waals surface area contributed by atoms with Crippen LogP contribution in [0.3, 0.4) is 0 Å². The molecule has 1 aromatic heterocycles. The second kappa shape index (κ2) is 3.64. The summed E-state index contributed by atoms with van der Waals surface area (Å²) in [7, 11) is 0. The molecule has 0 unspecified atom stereocenters. The number of diazo groups is 1. The summed E-state index contributed by atoms with van der Waals surface area (Å²) in [6, 6.07) is 5.58. The number of rotatable bonds is 0. The molecular formula is C9H4Br2N3+. The second-order valence-corrected chi connectivity index (χ2v) is 4.40. The zero-order valence-electron chi connectivity index (χ0n) is 6.91. The first-order chi connectivity index (χ1) is 6.74. The van der Waals surface area contributed by atoms with Gasteiger partial charge in [0.25, 0.3) is 0 Å². The molecule has 0 aliphatic heterocycles. The maximum Gasteiger partial charge on any atom is 0.424 e. The number of pyridine rings is 1. The molecule has 0 fully saturated rings. The minimum absolute atomic E-state index is 0.448. The number of hydrogen-bond donors (Lipinski definition) is 0. The summed E-state index contributed by atoms with van der Waals surface area (Å²) >= 11 is 6.72. The van der Waals surface area contributed by atoms with Crippen LogP contribution in [0, 0.1) is 5.39 Å². The summed E-state index contributed by atoms with van der Waals surface area (Å²) in [5, 5.41) is 9.77. The van der Waals surface area contributed by atoms with Crippen molar-refractivity contribution in [3.8, 4) is 0 Å². The summed E-state index contributed by atoms with van der Waals surface area (Å²) < 4.78 is 1.62. The molecule has 14 heavy (non-hydrogen) atoms. The number of aromatic nitrogens is 1. The van der Waals surface area contributed by atoms with Gasteiger partial charge in [0.15, 0.2) is 10.5 Å². The summed E-state index contributed by atoms with van der Waals surface area (Å²) in [4.78, 5) is 7.37. The summed E-state index contributed by atoms with van der Waals surface area (Å²) in [6.45, 7) is 0. The van der Waals surface area contributed by atoms with Crippen molar-refractivity contribution in [2.24, 2.45) is 0 Å². The quantitative estimate of drug-likeness (QED) is 0.682. The van der Waals surface area contributed by atoms with Gasteiger partial charge in [0.1, 0.15) is 4.47 Å². The fourth-order valence-corrected chi connectivity index (χ4v) is 2.60. The molecule has 2 rings (SSSR count). The Morgan fingerprint density at radius 2 is 2.07 bits per heavy atom. The van der Waals surface area contributed by atoms with Crippen molar-refractivity contribution in [2.45, 2.75) is 0 Å². The smallest absolute Gasteiger partial charge is 0.248 e. The molecule has 0 saturated carbocycles. The van der Waals surface area contributed by atoms with Crippen molar-refractivity contribution in [1.82, 2.24) is 4.98 Å². The molecular weight excluding hydrogens is 310 g/mol. The molecule has 0 aliphatic carbocycles. The third kappa shape index (κ3) is 1.41. The molecule has 0 atom stereocenters. The van der Waals surface area contributed by atoms with E-state index in [-0.39, 0.29) is 0 Å². The topological polar surface area (TPSA) is 41.0 Å². The third-order valence-electron chi connectivity index (χ3n) is 1.87. The van der Waals surface area contributed by atoms with E-state index in [4.69, 9.17) is 5.39 Å². The van der Waals surface area contributed by atoms with Gasteiger partial charge in [0, 0.05) is 16.1 Å². The van der Waals surface area contributed by atoms with Crippen LogP contribution < -0.4 is 0 Å². The Hall–Kier alpha value is -0.990. The van der Waals surface area contributed by atoms with Gasteiger partial charge in [-0.1, -0.05) is 15.9 Å². The molecule has 0 spiro atoms. The molecule has 68 valence electrons. The predicted molar refractivity (Wildman–Crippen MR) is 61.9 cm³/mol. The first-order valence-electron chi connectivity index (χ1n) is 3.82. The minimum atomic E-state index is 0.448. The van der Waals surface area contributed by atoms with Crippen molar-refractivity contribution < 1.29 is 0 Å². The molecule has 1 aromatic carbocycles. The van der Waals surface area contributed by atoms with Gasteiger partial charge < -0.3 is 0 Å². The van der Waals surface area contributed by atoms with Crippen LogP contribution in [-0.2, 0) is 0 Å². The number of nitrogens with zero attached hydrogens (tertiary/aromatic N) is 3. The van der Waals surface area contributed by atoms with E-state index in [1.807, 2.05) is 18.2 Å². The van der Waals surface area contributed by atoms with E-state index >= 15 is 0 Å². The maximum atomic E-state index is 8.85. The fraction of sp³-hybridized carbons (Fsp3) is 0. The highest BCUT2D eigenvalue weighted by molar-refractivity contribution is 9.11. The standard InChI is InChI=1S/C9H4Br2N3/c10-6-4-7(11)9(14-12)8-5(6)2-1-3-13-8/h1-4H/q+1. The van der Waals surface area contributed by atoms with E-state index in [2.05, 4.69) is 41.8 Å². The van der Waals surface area contributed by atoms with Crippen LogP contribution in [0.5, 0.6) is 0 Å². The molecule has 0 saturated heterocycles. The minimum Gasteiger partial charge on any atom is -0.248 e. The Morgan fingerprint density at radius 3 is 2.79 bits per heavy atom. The number of halogens is 2. The average molecular weight is 314 g/mol. The highest BCUT2D eigenvalue weighted by Gasteiger charge is 2.19. The summed E-state index contributed by atoms with van der Waals surface area (Å²) in [5.74, 6) is 0. The Bertz CT molecular complexity index is 545. The van der Waals surface area contributed by atoms with Crippen LogP contribution >= 0.6 is 31.9 Å². The van der Waals surface area contributed by atoms with Gasteiger partial charge in [-0.05, 0) is 34.1 Å². The van der Waals surface area contributed by atoms with Crippen molar-refractivity contribution in [3.05, 3.63) is 38.3 Å². The zero-order chi connectivity index (χ0) is 10.1. The van der Waals surface area contributed by atoms with Crippen LogP contribution in [0.25, 0.3) is 15.9 Å². The molecule has 0 aliphatic rings. The van der Waals surface area contributed by atoms with Crippen LogP contribution in [-0.4, -0.2) is 4.98 Å².